The quantitative estimate of drug-likeness (QED) is 0.553. The van der Waals surface area contributed by atoms with Crippen molar-refractivity contribution in [3.63, 3.8) is 0 Å². The van der Waals surface area contributed by atoms with Crippen molar-refractivity contribution < 1.29 is 9.47 Å². The predicted molar refractivity (Wildman–Crippen MR) is 130 cm³/mol. The van der Waals surface area contributed by atoms with E-state index in [1.807, 2.05) is 19.2 Å². The van der Waals surface area contributed by atoms with Crippen LogP contribution in [0.5, 0.6) is 5.75 Å². The van der Waals surface area contributed by atoms with Gasteiger partial charge in [0.25, 0.3) is 0 Å². The Kier molecular flexibility index (Phi) is 7.85. The van der Waals surface area contributed by atoms with Crippen LogP contribution in [-0.2, 0) is 17.8 Å². The van der Waals surface area contributed by atoms with Crippen LogP contribution < -0.4 is 15.0 Å². The molecule has 0 unspecified atom stereocenters. The highest BCUT2D eigenvalue weighted by molar-refractivity contribution is 5.80. The van der Waals surface area contributed by atoms with Crippen molar-refractivity contribution in [1.82, 2.24) is 15.1 Å². The van der Waals surface area contributed by atoms with Crippen LogP contribution in [0.25, 0.3) is 0 Å². The number of piperazine rings is 1. The monoisotopic (exact) mass is 437 g/mol. The fourth-order valence-electron chi connectivity index (χ4n) is 4.42. The van der Waals surface area contributed by atoms with Crippen LogP contribution in [0.1, 0.15) is 11.1 Å². The molecule has 0 spiro atoms. The van der Waals surface area contributed by atoms with Gasteiger partial charge in [-0.15, -0.1) is 0 Å². The Morgan fingerprint density at radius 2 is 1.72 bits per heavy atom. The fraction of sp³-hybridized carbons (Fsp3) is 0.480. The minimum Gasteiger partial charge on any atom is -0.495 e. The molecule has 2 fully saturated rings. The Morgan fingerprint density at radius 1 is 0.969 bits per heavy atom. The molecule has 2 aliphatic heterocycles. The second-order valence-electron chi connectivity index (χ2n) is 8.26. The number of benzene rings is 2. The summed E-state index contributed by atoms with van der Waals surface area (Å²) in [5, 5.41) is 3.56. The van der Waals surface area contributed by atoms with Gasteiger partial charge >= 0.3 is 0 Å². The molecule has 1 N–H and O–H groups in total. The van der Waals surface area contributed by atoms with Crippen LogP contribution in [0.3, 0.4) is 0 Å². The zero-order valence-electron chi connectivity index (χ0n) is 19.3. The lowest BCUT2D eigenvalue weighted by molar-refractivity contribution is 0.0342. The first-order chi connectivity index (χ1) is 15.8. The molecule has 0 aliphatic carbocycles. The number of morpholine rings is 1. The summed E-state index contributed by atoms with van der Waals surface area (Å²) in [6.45, 7) is 9.18. The van der Waals surface area contributed by atoms with Gasteiger partial charge in [0, 0.05) is 59.4 Å². The van der Waals surface area contributed by atoms with Gasteiger partial charge in [-0.3, -0.25) is 9.89 Å². The third-order valence-electron chi connectivity index (χ3n) is 6.17. The average molecular weight is 438 g/mol. The van der Waals surface area contributed by atoms with E-state index < -0.39 is 0 Å². The number of anilines is 1. The van der Waals surface area contributed by atoms with Gasteiger partial charge in [0.05, 0.1) is 26.0 Å². The number of nitrogens with zero attached hydrogens (tertiary/aromatic N) is 4. The van der Waals surface area contributed by atoms with Gasteiger partial charge in [-0.05, 0) is 23.3 Å². The van der Waals surface area contributed by atoms with Crippen molar-refractivity contribution >= 4 is 11.6 Å². The molecule has 7 nitrogen and oxygen atoms in total. The summed E-state index contributed by atoms with van der Waals surface area (Å²) in [7, 11) is 3.60. The van der Waals surface area contributed by atoms with E-state index in [1.54, 1.807) is 7.11 Å². The number of methoxy groups -OCH3 is 1. The summed E-state index contributed by atoms with van der Waals surface area (Å²) in [5.74, 6) is 1.89. The summed E-state index contributed by atoms with van der Waals surface area (Å²) in [6.07, 6.45) is 0. The molecule has 0 saturated carbocycles. The van der Waals surface area contributed by atoms with Gasteiger partial charge in [0.1, 0.15) is 5.75 Å². The summed E-state index contributed by atoms with van der Waals surface area (Å²) in [6, 6.07) is 17.1. The molecule has 2 aromatic rings. The third-order valence-corrected chi connectivity index (χ3v) is 6.17. The number of nitrogens with one attached hydrogen (secondary N) is 1. The first-order valence-corrected chi connectivity index (χ1v) is 11.5. The van der Waals surface area contributed by atoms with Crippen molar-refractivity contribution in [3.8, 4) is 5.75 Å². The molecule has 32 heavy (non-hydrogen) atoms. The number of ether oxygens (including phenoxy) is 2. The van der Waals surface area contributed by atoms with E-state index in [-0.39, 0.29) is 0 Å². The van der Waals surface area contributed by atoms with Crippen LogP contribution >= 0.6 is 0 Å². The van der Waals surface area contributed by atoms with E-state index in [0.717, 1.165) is 83.0 Å². The molecule has 0 atom stereocenters. The fourth-order valence-corrected chi connectivity index (χ4v) is 4.42. The van der Waals surface area contributed by atoms with Crippen molar-refractivity contribution in [2.45, 2.75) is 13.1 Å². The Hall–Kier alpha value is -2.77. The average Bonchev–Trinajstić information content (AvgIpc) is 2.86. The van der Waals surface area contributed by atoms with Gasteiger partial charge in [-0.1, -0.05) is 36.4 Å². The minimum absolute atomic E-state index is 0.774. The highest BCUT2D eigenvalue weighted by atomic mass is 16.5. The molecule has 172 valence electrons. The maximum atomic E-state index is 5.54. The Balaban J connectivity index is 1.29. The molecule has 2 saturated heterocycles. The molecule has 0 bridgehead atoms. The molecular formula is C25H35N5O2. The van der Waals surface area contributed by atoms with Gasteiger partial charge in [-0.25, -0.2) is 0 Å². The molecule has 4 rings (SSSR count). The van der Waals surface area contributed by atoms with Gasteiger partial charge in [-0.2, -0.15) is 0 Å². The van der Waals surface area contributed by atoms with Crippen LogP contribution in [0.4, 0.5) is 5.69 Å². The third kappa shape index (κ3) is 5.72. The number of guanidine groups is 1. The highest BCUT2D eigenvalue weighted by Crippen LogP contribution is 2.28. The molecular weight excluding hydrogens is 402 g/mol. The van der Waals surface area contributed by atoms with E-state index in [0.29, 0.717) is 0 Å². The SMILES string of the molecule is CN=C(NCc1cccc(CN2CCOCC2)c1)N1CCN(c2ccccc2OC)CC1. The van der Waals surface area contributed by atoms with Crippen molar-refractivity contribution in [2.75, 3.05) is 71.5 Å². The summed E-state index contributed by atoms with van der Waals surface area (Å²) >= 11 is 0. The molecule has 0 amide bonds. The lowest BCUT2D eigenvalue weighted by Gasteiger charge is -2.38. The first kappa shape index (κ1) is 22.4. The van der Waals surface area contributed by atoms with Crippen LogP contribution in [0, 0.1) is 0 Å². The maximum Gasteiger partial charge on any atom is 0.194 e. The Labute approximate surface area is 191 Å². The van der Waals surface area contributed by atoms with Gasteiger partial charge < -0.3 is 24.6 Å². The zero-order chi connectivity index (χ0) is 22.2. The number of hydrogen-bond acceptors (Lipinski definition) is 5. The molecule has 7 heteroatoms. The summed E-state index contributed by atoms with van der Waals surface area (Å²) < 4.78 is 11.0. The molecule has 0 aromatic heterocycles. The molecule has 2 aromatic carbocycles. The standard InChI is InChI=1S/C25H35N5O2/c1-26-25(30-12-10-29(11-13-30)23-8-3-4-9-24(23)31-2)27-19-21-6-5-7-22(18-21)20-28-14-16-32-17-15-28/h3-9,18H,10-17,19-20H2,1-2H3,(H,26,27). The Bertz CT molecular complexity index is 889. The minimum atomic E-state index is 0.774. The molecule has 2 aliphatic rings. The second-order valence-corrected chi connectivity index (χ2v) is 8.26. The smallest absolute Gasteiger partial charge is 0.194 e. The van der Waals surface area contributed by atoms with Gasteiger partial charge in [0.15, 0.2) is 5.96 Å². The van der Waals surface area contributed by atoms with Gasteiger partial charge in [0.2, 0.25) is 0 Å². The highest BCUT2D eigenvalue weighted by Gasteiger charge is 2.21. The first-order valence-electron chi connectivity index (χ1n) is 11.5. The van der Waals surface area contributed by atoms with E-state index in [2.05, 4.69) is 61.4 Å². The lowest BCUT2D eigenvalue weighted by Crippen LogP contribution is -2.52. The van der Waals surface area contributed by atoms with E-state index in [9.17, 15) is 0 Å². The van der Waals surface area contributed by atoms with Crippen molar-refractivity contribution in [1.29, 1.82) is 0 Å². The van der Waals surface area contributed by atoms with Crippen molar-refractivity contribution in [3.05, 3.63) is 59.7 Å². The predicted octanol–water partition coefficient (Wildman–Crippen LogP) is 2.42. The second kappa shape index (κ2) is 11.2. The Morgan fingerprint density at radius 3 is 2.47 bits per heavy atom. The molecule has 2 heterocycles. The van der Waals surface area contributed by atoms with Crippen LogP contribution in [0.15, 0.2) is 53.5 Å². The molecule has 0 radical (unpaired) electrons. The van der Waals surface area contributed by atoms with Crippen molar-refractivity contribution in [2.24, 2.45) is 4.99 Å². The lowest BCUT2D eigenvalue weighted by atomic mass is 10.1. The topological polar surface area (TPSA) is 52.6 Å². The maximum absolute atomic E-state index is 5.54. The number of aliphatic imine (C=N–C) groups is 1. The number of rotatable bonds is 6. The number of para-hydroxylation sites is 2. The van der Waals surface area contributed by atoms with Crippen LogP contribution in [-0.4, -0.2) is 82.4 Å². The van der Waals surface area contributed by atoms with E-state index in [1.165, 1.54) is 11.1 Å². The van der Waals surface area contributed by atoms with E-state index in [4.69, 9.17) is 9.47 Å². The zero-order valence-corrected chi connectivity index (χ0v) is 19.3. The largest absolute Gasteiger partial charge is 0.495 e. The summed E-state index contributed by atoms with van der Waals surface area (Å²) in [4.78, 5) is 11.7. The van der Waals surface area contributed by atoms with E-state index >= 15 is 0 Å². The number of hydrogen-bond donors (Lipinski definition) is 1. The summed E-state index contributed by atoms with van der Waals surface area (Å²) in [5.41, 5.74) is 3.80. The van der Waals surface area contributed by atoms with Crippen LogP contribution in [0.2, 0.25) is 0 Å². The normalized spacial score (nSPS) is 18.0.